The summed E-state index contributed by atoms with van der Waals surface area (Å²) in [5.41, 5.74) is 4.60. The molecule has 2 rings (SSSR count). The lowest BCUT2D eigenvalue weighted by Gasteiger charge is -2.43. The highest BCUT2D eigenvalue weighted by Gasteiger charge is 2.53. The van der Waals surface area contributed by atoms with E-state index in [1.54, 1.807) is 31.2 Å². The van der Waals surface area contributed by atoms with Crippen molar-refractivity contribution in [2.75, 3.05) is 13.2 Å². The number of nitrogens with two attached hydrogens (primary N) is 1. The van der Waals surface area contributed by atoms with Gasteiger partial charge < -0.3 is 30.3 Å². The smallest absolute Gasteiger partial charge is 0.343 e. The van der Waals surface area contributed by atoms with Gasteiger partial charge in [-0.15, -0.1) is 0 Å². The molecule has 2 atom stereocenters. The molecule has 0 bridgehead atoms. The Kier molecular flexibility index (Phi) is 12.6. The summed E-state index contributed by atoms with van der Waals surface area (Å²) < 4.78 is 10.2. The summed E-state index contributed by atoms with van der Waals surface area (Å²) in [4.78, 5) is 64.1. The van der Waals surface area contributed by atoms with Gasteiger partial charge in [-0.1, -0.05) is 32.1 Å². The summed E-state index contributed by atoms with van der Waals surface area (Å²) in [7, 11) is 0. The second-order valence-electron chi connectivity index (χ2n) is 9.73. The van der Waals surface area contributed by atoms with Crippen LogP contribution in [0.3, 0.4) is 0 Å². The molecule has 0 radical (unpaired) electrons. The molecule has 12 heteroatoms. The van der Waals surface area contributed by atoms with Gasteiger partial charge in [-0.2, -0.15) is 0 Å². The van der Waals surface area contributed by atoms with E-state index in [4.69, 9.17) is 20.6 Å². The van der Waals surface area contributed by atoms with E-state index < -0.39 is 41.2 Å². The number of rotatable bonds is 15. The standard InChI is InChI=1S/C32H37N3O9/c1-5-25(29(38)39)32(6-2,31(41)42)35(18-8-9-26(36)43-7-3)28(37)20(4)19-21-10-12-23(13-11-21)30(40)44-24-16-14-22(15-17-24)27(33)34/h8-17,19,25H,5-7,18H2,1-4H3,(H3,33,34)(H,38,39)(H,41,42)/b9-8+,20-19+/t25?,32-/m0/s1. The van der Waals surface area contributed by atoms with Crippen molar-refractivity contribution in [2.24, 2.45) is 11.7 Å². The third kappa shape index (κ3) is 8.40. The van der Waals surface area contributed by atoms with Crippen LogP contribution in [-0.2, 0) is 23.9 Å². The van der Waals surface area contributed by atoms with Gasteiger partial charge in [0, 0.05) is 23.8 Å². The topological polar surface area (TPSA) is 197 Å². The Hall–Kier alpha value is -5.26. The molecule has 0 aliphatic carbocycles. The van der Waals surface area contributed by atoms with Gasteiger partial charge in [0.05, 0.1) is 18.1 Å². The van der Waals surface area contributed by atoms with Gasteiger partial charge >= 0.3 is 23.9 Å². The van der Waals surface area contributed by atoms with Gasteiger partial charge in [0.2, 0.25) is 0 Å². The molecule has 12 nitrogen and oxygen atoms in total. The molecule has 2 aromatic rings. The summed E-state index contributed by atoms with van der Waals surface area (Å²) in [6, 6.07) is 12.2. The number of carboxylic acid groups (broad SMARTS) is 2. The van der Waals surface area contributed by atoms with Crippen molar-refractivity contribution in [3.8, 4) is 5.75 Å². The molecular formula is C32H37N3O9. The monoisotopic (exact) mass is 607 g/mol. The van der Waals surface area contributed by atoms with Crippen LogP contribution in [0.1, 0.15) is 62.0 Å². The van der Waals surface area contributed by atoms with Crippen molar-refractivity contribution in [1.82, 2.24) is 4.90 Å². The molecule has 0 saturated heterocycles. The highest BCUT2D eigenvalue weighted by Crippen LogP contribution is 2.34. The number of nitrogens with zero attached hydrogens (tertiary/aromatic N) is 1. The number of amides is 1. The minimum absolute atomic E-state index is 0.0674. The molecule has 1 amide bonds. The molecule has 0 spiro atoms. The first-order valence-electron chi connectivity index (χ1n) is 13.9. The van der Waals surface area contributed by atoms with Crippen molar-refractivity contribution in [1.29, 1.82) is 5.41 Å². The quantitative estimate of drug-likeness (QED) is 0.0758. The number of nitrogens with one attached hydrogen (secondary N) is 1. The van der Waals surface area contributed by atoms with Crippen molar-refractivity contribution >= 4 is 41.7 Å². The predicted octanol–water partition coefficient (Wildman–Crippen LogP) is 3.89. The zero-order valence-corrected chi connectivity index (χ0v) is 25.0. The van der Waals surface area contributed by atoms with Gasteiger partial charge in [-0.3, -0.25) is 15.0 Å². The molecule has 0 aromatic heterocycles. The van der Waals surface area contributed by atoms with Crippen LogP contribution >= 0.6 is 0 Å². The first-order valence-corrected chi connectivity index (χ1v) is 13.9. The zero-order valence-electron chi connectivity index (χ0n) is 25.0. The summed E-state index contributed by atoms with van der Waals surface area (Å²) in [5.74, 6) is -6.25. The van der Waals surface area contributed by atoms with Crippen molar-refractivity contribution in [3.63, 3.8) is 0 Å². The lowest BCUT2D eigenvalue weighted by Crippen LogP contribution is -2.63. The fourth-order valence-corrected chi connectivity index (χ4v) is 4.74. The molecule has 234 valence electrons. The molecule has 1 unspecified atom stereocenters. The van der Waals surface area contributed by atoms with E-state index in [0.29, 0.717) is 11.1 Å². The zero-order chi connectivity index (χ0) is 33.0. The van der Waals surface area contributed by atoms with Crippen LogP contribution in [0, 0.1) is 11.3 Å². The average molecular weight is 608 g/mol. The number of benzene rings is 2. The fourth-order valence-electron chi connectivity index (χ4n) is 4.74. The maximum Gasteiger partial charge on any atom is 0.343 e. The van der Waals surface area contributed by atoms with Gasteiger partial charge in [0.25, 0.3) is 5.91 Å². The van der Waals surface area contributed by atoms with E-state index in [2.05, 4.69) is 0 Å². The minimum Gasteiger partial charge on any atom is -0.481 e. The van der Waals surface area contributed by atoms with Crippen LogP contribution in [0.15, 0.2) is 66.3 Å². The molecule has 0 heterocycles. The number of esters is 2. The summed E-state index contributed by atoms with van der Waals surface area (Å²) in [6.45, 7) is 5.84. The molecule has 5 N–H and O–H groups in total. The third-order valence-electron chi connectivity index (χ3n) is 6.99. The average Bonchev–Trinajstić information content (AvgIpc) is 2.98. The number of amidine groups is 1. The van der Waals surface area contributed by atoms with Gasteiger partial charge in [0.1, 0.15) is 11.6 Å². The number of carbonyl (C=O) groups is 5. The largest absolute Gasteiger partial charge is 0.481 e. The number of ether oxygens (including phenoxy) is 2. The summed E-state index contributed by atoms with van der Waals surface area (Å²) >= 11 is 0. The van der Waals surface area contributed by atoms with E-state index in [0.717, 1.165) is 11.0 Å². The van der Waals surface area contributed by atoms with E-state index in [-0.39, 0.29) is 48.7 Å². The second kappa shape index (κ2) is 15.8. The number of carboxylic acids is 2. The van der Waals surface area contributed by atoms with Crippen LogP contribution in [0.4, 0.5) is 0 Å². The maximum absolute atomic E-state index is 13.8. The Labute approximate surface area is 255 Å². The van der Waals surface area contributed by atoms with Crippen molar-refractivity contribution in [2.45, 2.75) is 46.1 Å². The molecule has 2 aromatic carbocycles. The molecule has 44 heavy (non-hydrogen) atoms. The number of nitrogen functional groups attached to an aromatic ring is 1. The van der Waals surface area contributed by atoms with Crippen LogP contribution in [0.2, 0.25) is 0 Å². The Morgan fingerprint density at radius 3 is 2.05 bits per heavy atom. The predicted molar refractivity (Wildman–Crippen MR) is 162 cm³/mol. The Bertz CT molecular complexity index is 1450. The molecular weight excluding hydrogens is 570 g/mol. The molecule has 0 aliphatic heterocycles. The van der Waals surface area contributed by atoms with E-state index in [1.165, 1.54) is 57.2 Å². The van der Waals surface area contributed by atoms with Crippen LogP contribution in [-0.4, -0.2) is 69.4 Å². The maximum atomic E-state index is 13.8. The Morgan fingerprint density at radius 2 is 1.57 bits per heavy atom. The van der Waals surface area contributed by atoms with Crippen LogP contribution in [0.5, 0.6) is 5.75 Å². The van der Waals surface area contributed by atoms with Crippen LogP contribution < -0.4 is 10.5 Å². The Morgan fingerprint density at radius 1 is 0.977 bits per heavy atom. The van der Waals surface area contributed by atoms with Crippen molar-refractivity contribution < 1.29 is 43.7 Å². The minimum atomic E-state index is -2.12. The summed E-state index contributed by atoms with van der Waals surface area (Å²) in [5, 5.41) is 27.7. The lowest BCUT2D eigenvalue weighted by molar-refractivity contribution is -0.170. The number of carbonyl (C=O) groups excluding carboxylic acids is 3. The highest BCUT2D eigenvalue weighted by molar-refractivity contribution is 6.02. The normalized spacial score (nSPS) is 13.4. The number of hydrogen-bond donors (Lipinski definition) is 4. The van der Waals surface area contributed by atoms with Gasteiger partial charge in [0.15, 0.2) is 5.54 Å². The first kappa shape index (κ1) is 34.9. The molecule has 0 fully saturated rings. The fraction of sp³-hybridized carbons (Fsp3) is 0.312. The van der Waals surface area contributed by atoms with Gasteiger partial charge in [-0.05, 0) is 74.7 Å². The van der Waals surface area contributed by atoms with E-state index in [9.17, 15) is 34.2 Å². The molecule has 0 aliphatic rings. The van der Waals surface area contributed by atoms with Crippen LogP contribution in [0.25, 0.3) is 6.08 Å². The first-order chi connectivity index (χ1) is 20.8. The third-order valence-corrected chi connectivity index (χ3v) is 6.99. The number of hydrogen-bond acceptors (Lipinski definition) is 8. The summed E-state index contributed by atoms with van der Waals surface area (Å²) in [6.07, 6.45) is 3.52. The lowest BCUT2D eigenvalue weighted by atomic mass is 9.77. The van der Waals surface area contributed by atoms with Crippen molar-refractivity contribution in [3.05, 3.63) is 82.9 Å². The highest BCUT2D eigenvalue weighted by atomic mass is 16.5. The van der Waals surface area contributed by atoms with Gasteiger partial charge in [-0.25, -0.2) is 14.4 Å². The number of aliphatic carboxylic acids is 2. The SMILES string of the molecule is CCOC(=O)/C=C/CN(C(=O)/C(C)=C/c1ccc(C(=O)Oc2ccc(C(=N)N)cc2)cc1)[C@](CC)(C(=O)O)C(CC)C(=O)O. The van der Waals surface area contributed by atoms with E-state index in [1.807, 2.05) is 0 Å². The second-order valence-corrected chi connectivity index (χ2v) is 9.73. The Balaban J connectivity index is 2.40. The molecule has 0 saturated carbocycles. The van der Waals surface area contributed by atoms with E-state index >= 15 is 0 Å².